The molecular weight excluding hydrogens is 270 g/mol. The van der Waals surface area contributed by atoms with Gasteiger partial charge in [-0.25, -0.2) is 4.79 Å². The third-order valence-corrected chi connectivity index (χ3v) is 3.27. The Morgan fingerprint density at radius 2 is 2.10 bits per heavy atom. The molecule has 1 aliphatic rings. The Hall–Kier alpha value is -2.69. The van der Waals surface area contributed by atoms with E-state index >= 15 is 0 Å². The van der Waals surface area contributed by atoms with E-state index in [-0.39, 0.29) is 12.0 Å². The molecule has 2 heterocycles. The van der Waals surface area contributed by atoms with Gasteiger partial charge in [-0.2, -0.15) is 0 Å². The first-order valence-electron chi connectivity index (χ1n) is 6.59. The van der Waals surface area contributed by atoms with Crippen molar-refractivity contribution in [3.05, 3.63) is 60.6 Å². The molecule has 3 rings (SSSR count). The van der Waals surface area contributed by atoms with Crippen molar-refractivity contribution in [3.63, 3.8) is 0 Å². The lowest BCUT2D eigenvalue weighted by atomic mass is 10.1. The van der Waals surface area contributed by atoms with Crippen LogP contribution in [0.1, 0.15) is 11.8 Å². The number of furan rings is 1. The van der Waals surface area contributed by atoms with Crippen molar-refractivity contribution < 1.29 is 18.7 Å². The molecule has 21 heavy (non-hydrogen) atoms. The maximum absolute atomic E-state index is 11.3. The zero-order chi connectivity index (χ0) is 14.7. The highest BCUT2D eigenvalue weighted by atomic mass is 16.5. The number of carbonyl (C=O) groups is 1. The number of methoxy groups -OCH3 is 1. The molecule has 0 aliphatic carbocycles. The molecule has 2 aromatic rings. The van der Waals surface area contributed by atoms with Gasteiger partial charge in [0, 0.05) is 6.08 Å². The number of rotatable bonds is 5. The van der Waals surface area contributed by atoms with Gasteiger partial charge in [0.25, 0.3) is 0 Å². The summed E-state index contributed by atoms with van der Waals surface area (Å²) in [5.41, 5.74) is 0.803. The van der Waals surface area contributed by atoms with E-state index in [4.69, 9.17) is 13.9 Å². The van der Waals surface area contributed by atoms with Gasteiger partial charge in [0.05, 0.1) is 19.1 Å². The number of hydrogen-bond acceptors (Lipinski definition) is 5. The third-order valence-electron chi connectivity index (χ3n) is 3.27. The van der Waals surface area contributed by atoms with Crippen molar-refractivity contribution in [2.45, 2.75) is 12.1 Å². The molecule has 1 aromatic heterocycles. The normalized spacial score (nSPS) is 18.3. The van der Waals surface area contributed by atoms with Crippen molar-refractivity contribution in [2.75, 3.05) is 12.4 Å². The monoisotopic (exact) mass is 285 g/mol. The topological polar surface area (TPSA) is 60.7 Å². The number of para-hydroxylation sites is 2. The van der Waals surface area contributed by atoms with Gasteiger partial charge in [0.1, 0.15) is 23.7 Å². The second kappa shape index (κ2) is 5.75. The summed E-state index contributed by atoms with van der Waals surface area (Å²) in [5.74, 6) is 1.05. The number of cyclic esters (lactones) is 1. The summed E-state index contributed by atoms with van der Waals surface area (Å²) in [6, 6.07) is 10.9. The number of nitrogens with one attached hydrogen (secondary N) is 1. The number of ether oxygens (including phenoxy) is 2. The highest BCUT2D eigenvalue weighted by molar-refractivity contribution is 5.84. The predicted molar refractivity (Wildman–Crippen MR) is 77.1 cm³/mol. The second-order valence-corrected chi connectivity index (χ2v) is 4.60. The van der Waals surface area contributed by atoms with Crippen molar-refractivity contribution in [1.82, 2.24) is 0 Å². The van der Waals surface area contributed by atoms with Crippen molar-refractivity contribution in [1.29, 1.82) is 0 Å². The molecule has 0 amide bonds. The van der Waals surface area contributed by atoms with Crippen LogP contribution in [0.2, 0.25) is 0 Å². The fourth-order valence-electron chi connectivity index (χ4n) is 2.28. The van der Waals surface area contributed by atoms with Crippen LogP contribution >= 0.6 is 0 Å². The summed E-state index contributed by atoms with van der Waals surface area (Å²) in [7, 11) is 1.61. The molecular formula is C16H15NO4. The fourth-order valence-corrected chi connectivity index (χ4v) is 2.28. The van der Waals surface area contributed by atoms with E-state index in [2.05, 4.69) is 5.32 Å². The molecule has 108 valence electrons. The number of anilines is 1. The van der Waals surface area contributed by atoms with Gasteiger partial charge >= 0.3 is 5.97 Å². The van der Waals surface area contributed by atoms with Crippen molar-refractivity contribution in [3.8, 4) is 5.75 Å². The van der Waals surface area contributed by atoms with Gasteiger partial charge in [0.15, 0.2) is 0 Å². The van der Waals surface area contributed by atoms with E-state index in [1.54, 1.807) is 25.5 Å². The Kier molecular flexibility index (Phi) is 3.64. The Morgan fingerprint density at radius 3 is 2.76 bits per heavy atom. The molecule has 0 spiro atoms. The summed E-state index contributed by atoms with van der Waals surface area (Å²) in [5, 5.41) is 3.32. The van der Waals surface area contributed by atoms with Crippen LogP contribution in [-0.2, 0) is 9.53 Å². The molecule has 5 nitrogen and oxygen atoms in total. The van der Waals surface area contributed by atoms with Crippen LogP contribution in [0, 0.1) is 0 Å². The standard InChI is InChI=1S/C16H15NO4/c1-19-12-6-3-2-5-11(12)17-16(13-7-4-10-20-13)14-8-9-15(18)21-14/h2-10,14,16-17H,1H3/t14-,16-/m1/s1. The SMILES string of the molecule is COc1ccccc1N[C@H](c1ccco1)[C@H]1C=CC(=O)O1. The average molecular weight is 285 g/mol. The first kappa shape index (κ1) is 13.3. The minimum Gasteiger partial charge on any atom is -0.495 e. The van der Waals surface area contributed by atoms with E-state index in [0.29, 0.717) is 11.5 Å². The summed E-state index contributed by atoms with van der Waals surface area (Å²) in [6.45, 7) is 0. The minimum atomic E-state index is -0.423. The van der Waals surface area contributed by atoms with Gasteiger partial charge in [-0.3, -0.25) is 0 Å². The lowest BCUT2D eigenvalue weighted by Gasteiger charge is -2.23. The Bertz CT molecular complexity index is 648. The number of hydrogen-bond donors (Lipinski definition) is 1. The van der Waals surface area contributed by atoms with Crippen molar-refractivity contribution in [2.24, 2.45) is 0 Å². The van der Waals surface area contributed by atoms with Crippen LogP contribution < -0.4 is 10.1 Å². The maximum atomic E-state index is 11.3. The van der Waals surface area contributed by atoms with Gasteiger partial charge in [0.2, 0.25) is 0 Å². The van der Waals surface area contributed by atoms with Crippen molar-refractivity contribution >= 4 is 11.7 Å². The molecule has 1 aromatic carbocycles. The Morgan fingerprint density at radius 1 is 1.24 bits per heavy atom. The molecule has 1 N–H and O–H groups in total. The lowest BCUT2D eigenvalue weighted by molar-refractivity contribution is -0.139. The molecule has 0 unspecified atom stereocenters. The van der Waals surface area contributed by atoms with Crippen LogP contribution in [0.5, 0.6) is 5.75 Å². The summed E-state index contributed by atoms with van der Waals surface area (Å²) >= 11 is 0. The molecule has 0 saturated heterocycles. The first-order chi connectivity index (χ1) is 10.3. The molecule has 1 aliphatic heterocycles. The van der Waals surface area contributed by atoms with Crippen LogP contribution in [0.3, 0.4) is 0 Å². The zero-order valence-corrected chi connectivity index (χ0v) is 11.5. The van der Waals surface area contributed by atoms with Crippen LogP contribution in [0.15, 0.2) is 59.2 Å². The minimum absolute atomic E-state index is 0.320. The van der Waals surface area contributed by atoms with Gasteiger partial charge < -0.3 is 19.2 Å². The highest BCUT2D eigenvalue weighted by Crippen LogP contribution is 2.32. The largest absolute Gasteiger partial charge is 0.495 e. The number of esters is 1. The maximum Gasteiger partial charge on any atom is 0.331 e. The molecule has 0 fully saturated rings. The Balaban J connectivity index is 1.89. The fraction of sp³-hybridized carbons (Fsp3) is 0.188. The lowest BCUT2D eigenvalue weighted by Crippen LogP contribution is -2.25. The van der Waals surface area contributed by atoms with Crippen LogP contribution in [0.25, 0.3) is 0 Å². The van der Waals surface area contributed by atoms with Gasteiger partial charge in [-0.1, -0.05) is 12.1 Å². The van der Waals surface area contributed by atoms with E-state index < -0.39 is 6.10 Å². The molecule has 0 radical (unpaired) electrons. The molecule has 2 atom stereocenters. The Labute approximate surface area is 122 Å². The first-order valence-corrected chi connectivity index (χ1v) is 6.59. The summed E-state index contributed by atoms with van der Waals surface area (Å²) < 4.78 is 16.1. The molecule has 0 bridgehead atoms. The van der Waals surface area contributed by atoms with Crippen LogP contribution in [0.4, 0.5) is 5.69 Å². The predicted octanol–water partition coefficient (Wildman–Crippen LogP) is 2.92. The highest BCUT2D eigenvalue weighted by Gasteiger charge is 2.30. The van der Waals surface area contributed by atoms with E-state index in [1.807, 2.05) is 30.3 Å². The van der Waals surface area contributed by atoms with E-state index in [1.165, 1.54) is 6.08 Å². The number of carbonyl (C=O) groups excluding carboxylic acids is 1. The smallest absolute Gasteiger partial charge is 0.331 e. The summed E-state index contributed by atoms with van der Waals surface area (Å²) in [6.07, 6.45) is 4.31. The van der Waals surface area contributed by atoms with Gasteiger partial charge in [-0.05, 0) is 30.3 Å². The zero-order valence-electron chi connectivity index (χ0n) is 11.5. The summed E-state index contributed by atoms with van der Waals surface area (Å²) in [4.78, 5) is 11.3. The third kappa shape index (κ3) is 2.76. The second-order valence-electron chi connectivity index (χ2n) is 4.60. The van der Waals surface area contributed by atoms with Crippen LogP contribution in [-0.4, -0.2) is 19.2 Å². The average Bonchev–Trinajstić information content (AvgIpc) is 3.17. The van der Waals surface area contributed by atoms with E-state index in [9.17, 15) is 4.79 Å². The molecule has 5 heteroatoms. The van der Waals surface area contributed by atoms with E-state index in [0.717, 1.165) is 5.69 Å². The van der Waals surface area contributed by atoms with Gasteiger partial charge in [-0.15, -0.1) is 0 Å². The quantitative estimate of drug-likeness (QED) is 0.856. The number of benzene rings is 1. The molecule has 0 saturated carbocycles.